The van der Waals surface area contributed by atoms with E-state index in [1.165, 1.54) is 31.8 Å². The number of amides is 1. The van der Waals surface area contributed by atoms with Gasteiger partial charge in [0.2, 0.25) is 0 Å². The van der Waals surface area contributed by atoms with Gasteiger partial charge in [0.15, 0.2) is 0 Å². The van der Waals surface area contributed by atoms with E-state index >= 15 is 0 Å². The zero-order valence-electron chi connectivity index (χ0n) is 12.7. The highest BCUT2D eigenvalue weighted by Gasteiger charge is 2.17. The molecule has 0 heterocycles. The van der Waals surface area contributed by atoms with Gasteiger partial charge in [0.05, 0.1) is 6.61 Å². The molecule has 0 unspecified atom stereocenters. The first kappa shape index (κ1) is 18.5. The predicted molar refractivity (Wildman–Crippen MR) is 78.5 cm³/mol. The number of alkyl carbamates (subject to hydrolysis) is 1. The van der Waals surface area contributed by atoms with Gasteiger partial charge in [-0.25, -0.2) is 9.59 Å². The van der Waals surface area contributed by atoms with E-state index in [2.05, 4.69) is 18.8 Å². The number of esters is 1. The summed E-state index contributed by atoms with van der Waals surface area (Å²) in [6.45, 7) is 7.69. The van der Waals surface area contributed by atoms with Crippen LogP contribution in [0.4, 0.5) is 4.79 Å². The summed E-state index contributed by atoms with van der Waals surface area (Å²) in [7, 11) is 0. The van der Waals surface area contributed by atoms with Gasteiger partial charge < -0.3 is 14.8 Å². The van der Waals surface area contributed by atoms with E-state index in [1.54, 1.807) is 6.92 Å². The first-order valence-electron chi connectivity index (χ1n) is 7.32. The maximum atomic E-state index is 11.6. The van der Waals surface area contributed by atoms with E-state index < -0.39 is 18.1 Å². The number of nitrogens with one attached hydrogen (secondary N) is 1. The molecule has 1 atom stereocenters. The van der Waals surface area contributed by atoms with E-state index in [4.69, 9.17) is 9.47 Å². The topological polar surface area (TPSA) is 64.6 Å². The van der Waals surface area contributed by atoms with Crippen LogP contribution in [0.3, 0.4) is 0 Å². The molecule has 5 nitrogen and oxygen atoms in total. The van der Waals surface area contributed by atoms with Crippen molar-refractivity contribution in [3.63, 3.8) is 0 Å². The normalized spacial score (nSPS) is 11.5. The van der Waals surface area contributed by atoms with Gasteiger partial charge in [0.1, 0.15) is 12.6 Å². The second kappa shape index (κ2) is 12.5. The minimum Gasteiger partial charge on any atom is -0.464 e. The zero-order chi connectivity index (χ0) is 15.2. The second-order valence-corrected chi connectivity index (χ2v) is 4.69. The Hall–Kier alpha value is -1.52. The molecule has 1 amide bonds. The Bertz CT molecular complexity index is 292. The smallest absolute Gasteiger partial charge is 0.408 e. The Labute approximate surface area is 121 Å². The highest BCUT2D eigenvalue weighted by Crippen LogP contribution is 2.05. The fourth-order valence-corrected chi connectivity index (χ4v) is 1.59. The van der Waals surface area contributed by atoms with E-state index in [0.717, 1.165) is 12.8 Å². The molecule has 0 aliphatic carbocycles. The van der Waals surface area contributed by atoms with Crippen molar-refractivity contribution in [2.45, 2.75) is 58.4 Å². The van der Waals surface area contributed by atoms with E-state index in [9.17, 15) is 9.59 Å². The molecule has 0 aliphatic heterocycles. The first-order chi connectivity index (χ1) is 9.61. The molecule has 20 heavy (non-hydrogen) atoms. The largest absolute Gasteiger partial charge is 0.464 e. The maximum Gasteiger partial charge on any atom is 0.408 e. The lowest BCUT2D eigenvalue weighted by molar-refractivity contribution is -0.145. The third-order valence-corrected chi connectivity index (χ3v) is 2.76. The summed E-state index contributed by atoms with van der Waals surface area (Å²) in [5, 5.41) is 2.40. The third-order valence-electron chi connectivity index (χ3n) is 2.76. The predicted octanol–water partition coefficient (Wildman–Crippen LogP) is 3.19. The van der Waals surface area contributed by atoms with Crippen LogP contribution in [-0.2, 0) is 14.3 Å². The molecule has 0 aromatic carbocycles. The SMILES string of the molecule is C=CCOC(=O)N[C@@H](C)C(=O)OCCCCCCCC. The van der Waals surface area contributed by atoms with Crippen molar-refractivity contribution in [3.05, 3.63) is 12.7 Å². The minimum absolute atomic E-state index is 0.116. The van der Waals surface area contributed by atoms with E-state index in [-0.39, 0.29) is 6.61 Å². The molecule has 0 aliphatic rings. The molecule has 0 spiro atoms. The first-order valence-corrected chi connectivity index (χ1v) is 7.32. The van der Waals surface area contributed by atoms with Crippen molar-refractivity contribution in [1.29, 1.82) is 0 Å². The van der Waals surface area contributed by atoms with Gasteiger partial charge in [-0.3, -0.25) is 0 Å². The molecule has 0 aromatic heterocycles. The van der Waals surface area contributed by atoms with Gasteiger partial charge in [-0.2, -0.15) is 0 Å². The number of hydrogen-bond acceptors (Lipinski definition) is 4. The number of rotatable bonds is 11. The molecule has 1 N–H and O–H groups in total. The van der Waals surface area contributed by atoms with Crippen LogP contribution >= 0.6 is 0 Å². The molecule has 116 valence electrons. The summed E-state index contributed by atoms with van der Waals surface area (Å²) in [6.07, 6.45) is 7.63. The van der Waals surface area contributed by atoms with Crippen LogP contribution in [0.25, 0.3) is 0 Å². The summed E-state index contributed by atoms with van der Waals surface area (Å²) < 4.78 is 9.80. The summed E-state index contributed by atoms with van der Waals surface area (Å²) >= 11 is 0. The van der Waals surface area contributed by atoms with Crippen molar-refractivity contribution >= 4 is 12.1 Å². The average molecular weight is 285 g/mol. The Morgan fingerprint density at radius 3 is 2.45 bits per heavy atom. The molecule has 0 aromatic rings. The Balaban J connectivity index is 3.59. The van der Waals surface area contributed by atoms with Crippen LogP contribution in [0.15, 0.2) is 12.7 Å². The lowest BCUT2D eigenvalue weighted by atomic mass is 10.1. The third kappa shape index (κ3) is 10.4. The van der Waals surface area contributed by atoms with Gasteiger partial charge in [0, 0.05) is 0 Å². The summed E-state index contributed by atoms with van der Waals surface area (Å²) in [5.74, 6) is -0.436. The standard InChI is InChI=1S/C15H27NO4/c1-4-6-7-8-9-10-12-19-14(17)13(3)16-15(18)20-11-5-2/h5,13H,2,4,6-12H2,1,3H3,(H,16,18)/t13-/m0/s1. The molecular weight excluding hydrogens is 258 g/mol. The van der Waals surface area contributed by atoms with Crippen molar-refractivity contribution < 1.29 is 19.1 Å². The molecule has 0 fully saturated rings. The maximum absolute atomic E-state index is 11.6. The van der Waals surface area contributed by atoms with Crippen LogP contribution in [0.5, 0.6) is 0 Å². The number of unbranched alkanes of at least 4 members (excludes halogenated alkanes) is 5. The fraction of sp³-hybridized carbons (Fsp3) is 0.733. The Kier molecular flexibility index (Phi) is 11.6. The number of carbonyl (C=O) groups is 2. The molecule has 5 heteroatoms. The highest BCUT2D eigenvalue weighted by atomic mass is 16.6. The summed E-state index contributed by atoms with van der Waals surface area (Å²) in [6, 6.07) is -0.701. The van der Waals surface area contributed by atoms with Crippen molar-refractivity contribution in [2.75, 3.05) is 13.2 Å². The number of carbonyl (C=O) groups excluding carboxylic acids is 2. The second-order valence-electron chi connectivity index (χ2n) is 4.69. The molecule has 0 saturated heterocycles. The fourth-order valence-electron chi connectivity index (χ4n) is 1.59. The lowest BCUT2D eigenvalue weighted by Crippen LogP contribution is -2.40. The molecule has 0 rings (SSSR count). The van der Waals surface area contributed by atoms with Gasteiger partial charge in [-0.1, -0.05) is 51.7 Å². The van der Waals surface area contributed by atoms with Crippen LogP contribution < -0.4 is 5.32 Å². The summed E-state index contributed by atoms with van der Waals surface area (Å²) in [4.78, 5) is 22.8. The van der Waals surface area contributed by atoms with Gasteiger partial charge in [-0.15, -0.1) is 0 Å². The van der Waals surface area contributed by atoms with Gasteiger partial charge in [-0.05, 0) is 13.3 Å². The average Bonchev–Trinajstić information content (AvgIpc) is 2.43. The minimum atomic E-state index is -0.701. The van der Waals surface area contributed by atoms with Crippen molar-refractivity contribution in [1.82, 2.24) is 5.32 Å². The highest BCUT2D eigenvalue weighted by molar-refractivity contribution is 5.80. The van der Waals surface area contributed by atoms with Crippen LogP contribution in [-0.4, -0.2) is 31.3 Å². The van der Waals surface area contributed by atoms with Crippen molar-refractivity contribution in [3.8, 4) is 0 Å². The zero-order valence-corrected chi connectivity index (χ0v) is 12.7. The monoisotopic (exact) mass is 285 g/mol. The van der Waals surface area contributed by atoms with Crippen LogP contribution in [0.2, 0.25) is 0 Å². The van der Waals surface area contributed by atoms with Gasteiger partial charge >= 0.3 is 12.1 Å². The quantitative estimate of drug-likeness (QED) is 0.360. The van der Waals surface area contributed by atoms with Gasteiger partial charge in [0.25, 0.3) is 0 Å². The molecular formula is C15H27NO4. The van der Waals surface area contributed by atoms with Crippen LogP contribution in [0, 0.1) is 0 Å². The van der Waals surface area contributed by atoms with E-state index in [0.29, 0.717) is 6.61 Å². The number of hydrogen-bond donors (Lipinski definition) is 1. The van der Waals surface area contributed by atoms with Crippen molar-refractivity contribution in [2.24, 2.45) is 0 Å². The Morgan fingerprint density at radius 1 is 1.15 bits per heavy atom. The molecule has 0 radical (unpaired) electrons. The molecule has 0 bridgehead atoms. The number of ether oxygens (including phenoxy) is 2. The van der Waals surface area contributed by atoms with E-state index in [1.807, 2.05) is 0 Å². The Morgan fingerprint density at radius 2 is 1.80 bits per heavy atom. The van der Waals surface area contributed by atoms with Crippen LogP contribution in [0.1, 0.15) is 52.4 Å². The molecule has 0 saturated carbocycles. The summed E-state index contributed by atoms with van der Waals surface area (Å²) in [5.41, 5.74) is 0. The lowest BCUT2D eigenvalue weighted by Gasteiger charge is -2.13.